The number of nitrogens with one attached hydrogen (secondary N) is 2. The molecule has 0 saturated carbocycles. The monoisotopic (exact) mass is 278 g/mol. The fourth-order valence-electron chi connectivity index (χ4n) is 2.07. The van der Waals surface area contributed by atoms with E-state index in [0.29, 0.717) is 6.42 Å². The number of pyridine rings is 1. The van der Waals surface area contributed by atoms with Gasteiger partial charge < -0.3 is 5.32 Å². The standard InChI is InChI=1S/C16H14N4O/c21-16(9-12-3-2-7-17-11-12)19-14-5-1-4-13(10-14)15-6-8-18-20-15/h1-8,10-11H,9H2,(H,18,20)(H,19,21). The smallest absolute Gasteiger partial charge is 0.228 e. The number of aromatic amines is 1. The normalized spacial score (nSPS) is 10.3. The Morgan fingerprint density at radius 2 is 2.10 bits per heavy atom. The summed E-state index contributed by atoms with van der Waals surface area (Å²) in [4.78, 5) is 16.0. The number of benzene rings is 1. The average molecular weight is 278 g/mol. The van der Waals surface area contributed by atoms with Crippen molar-refractivity contribution in [1.82, 2.24) is 15.2 Å². The molecule has 21 heavy (non-hydrogen) atoms. The topological polar surface area (TPSA) is 70.7 Å². The van der Waals surface area contributed by atoms with Crippen LogP contribution in [0.5, 0.6) is 0 Å². The number of nitrogens with zero attached hydrogens (tertiary/aromatic N) is 2. The summed E-state index contributed by atoms with van der Waals surface area (Å²) in [7, 11) is 0. The minimum atomic E-state index is -0.0650. The lowest BCUT2D eigenvalue weighted by Crippen LogP contribution is -2.14. The van der Waals surface area contributed by atoms with Crippen LogP contribution in [0.3, 0.4) is 0 Å². The van der Waals surface area contributed by atoms with E-state index < -0.39 is 0 Å². The van der Waals surface area contributed by atoms with Crippen molar-refractivity contribution in [3.05, 3.63) is 66.6 Å². The van der Waals surface area contributed by atoms with E-state index in [2.05, 4.69) is 20.5 Å². The fraction of sp³-hybridized carbons (Fsp3) is 0.0625. The molecule has 0 unspecified atom stereocenters. The number of H-pyrrole nitrogens is 1. The number of carbonyl (C=O) groups excluding carboxylic acids is 1. The highest BCUT2D eigenvalue weighted by Crippen LogP contribution is 2.20. The zero-order valence-electron chi connectivity index (χ0n) is 11.3. The van der Waals surface area contributed by atoms with Gasteiger partial charge in [0, 0.05) is 29.8 Å². The Hall–Kier alpha value is -2.95. The molecular weight excluding hydrogens is 264 g/mol. The Morgan fingerprint density at radius 1 is 1.14 bits per heavy atom. The molecule has 0 aliphatic heterocycles. The quantitative estimate of drug-likeness (QED) is 0.770. The Morgan fingerprint density at radius 3 is 2.86 bits per heavy atom. The number of hydrogen-bond acceptors (Lipinski definition) is 3. The Kier molecular flexibility index (Phi) is 3.73. The molecule has 0 bridgehead atoms. The number of anilines is 1. The molecule has 0 atom stereocenters. The van der Waals surface area contributed by atoms with E-state index >= 15 is 0 Å². The van der Waals surface area contributed by atoms with Crippen molar-refractivity contribution in [3.63, 3.8) is 0 Å². The van der Waals surface area contributed by atoms with Crippen LogP contribution in [0.4, 0.5) is 5.69 Å². The Balaban J connectivity index is 1.70. The number of amides is 1. The van der Waals surface area contributed by atoms with Crippen molar-refractivity contribution >= 4 is 11.6 Å². The van der Waals surface area contributed by atoms with Crippen molar-refractivity contribution in [2.45, 2.75) is 6.42 Å². The molecule has 0 aliphatic carbocycles. The van der Waals surface area contributed by atoms with Gasteiger partial charge in [0.1, 0.15) is 0 Å². The highest BCUT2D eigenvalue weighted by Gasteiger charge is 2.05. The molecular formula is C16H14N4O. The molecule has 2 aromatic heterocycles. The highest BCUT2D eigenvalue weighted by molar-refractivity contribution is 5.92. The molecule has 104 valence electrons. The predicted molar refractivity (Wildman–Crippen MR) is 80.6 cm³/mol. The number of rotatable bonds is 4. The fourth-order valence-corrected chi connectivity index (χ4v) is 2.07. The minimum absolute atomic E-state index is 0.0650. The number of aromatic nitrogens is 3. The van der Waals surface area contributed by atoms with Gasteiger partial charge in [0.15, 0.2) is 0 Å². The third kappa shape index (κ3) is 3.33. The molecule has 3 aromatic rings. The predicted octanol–water partition coefficient (Wildman–Crippen LogP) is 2.65. The van der Waals surface area contributed by atoms with Crippen LogP contribution in [0.2, 0.25) is 0 Å². The van der Waals surface area contributed by atoms with Gasteiger partial charge in [-0.1, -0.05) is 18.2 Å². The van der Waals surface area contributed by atoms with Crippen molar-refractivity contribution in [1.29, 1.82) is 0 Å². The summed E-state index contributed by atoms with van der Waals surface area (Å²) in [5.74, 6) is -0.0650. The largest absolute Gasteiger partial charge is 0.326 e. The number of hydrogen-bond donors (Lipinski definition) is 2. The van der Waals surface area contributed by atoms with Crippen molar-refractivity contribution < 1.29 is 4.79 Å². The first kappa shape index (κ1) is 13.1. The second kappa shape index (κ2) is 6.00. The summed E-state index contributed by atoms with van der Waals surface area (Å²) in [6, 6.07) is 13.2. The molecule has 5 nitrogen and oxygen atoms in total. The number of carbonyl (C=O) groups is 1. The molecule has 0 fully saturated rings. The summed E-state index contributed by atoms with van der Waals surface area (Å²) < 4.78 is 0. The van der Waals surface area contributed by atoms with Gasteiger partial charge in [-0.15, -0.1) is 0 Å². The third-order valence-electron chi connectivity index (χ3n) is 3.05. The van der Waals surface area contributed by atoms with E-state index in [-0.39, 0.29) is 5.91 Å². The molecule has 5 heteroatoms. The lowest BCUT2D eigenvalue weighted by molar-refractivity contribution is -0.115. The maximum Gasteiger partial charge on any atom is 0.228 e. The van der Waals surface area contributed by atoms with E-state index in [1.54, 1.807) is 18.6 Å². The van der Waals surface area contributed by atoms with Gasteiger partial charge in [-0.3, -0.25) is 14.9 Å². The highest BCUT2D eigenvalue weighted by atomic mass is 16.1. The molecule has 2 heterocycles. The average Bonchev–Trinajstić information content (AvgIpc) is 3.02. The second-order valence-electron chi connectivity index (χ2n) is 4.64. The zero-order valence-corrected chi connectivity index (χ0v) is 11.3. The van der Waals surface area contributed by atoms with Crippen molar-refractivity contribution in [3.8, 4) is 11.3 Å². The summed E-state index contributed by atoms with van der Waals surface area (Å²) >= 11 is 0. The van der Waals surface area contributed by atoms with Crippen molar-refractivity contribution in [2.24, 2.45) is 0 Å². The van der Waals surface area contributed by atoms with Crippen LogP contribution in [-0.4, -0.2) is 21.1 Å². The zero-order chi connectivity index (χ0) is 14.5. The van der Waals surface area contributed by atoms with Gasteiger partial charge >= 0.3 is 0 Å². The van der Waals surface area contributed by atoms with Crippen molar-refractivity contribution in [2.75, 3.05) is 5.32 Å². The summed E-state index contributed by atoms with van der Waals surface area (Å²) in [5, 5.41) is 9.72. The third-order valence-corrected chi connectivity index (χ3v) is 3.05. The maximum absolute atomic E-state index is 12.0. The lowest BCUT2D eigenvalue weighted by Gasteiger charge is -2.06. The van der Waals surface area contributed by atoms with E-state index in [0.717, 1.165) is 22.5 Å². The Labute approximate surface area is 122 Å². The van der Waals surface area contributed by atoms with Crippen LogP contribution in [0.15, 0.2) is 61.1 Å². The molecule has 3 rings (SSSR count). The van der Waals surface area contributed by atoms with Crippen LogP contribution in [0.1, 0.15) is 5.56 Å². The van der Waals surface area contributed by atoms with E-state index in [9.17, 15) is 4.79 Å². The van der Waals surface area contributed by atoms with E-state index in [1.807, 2.05) is 42.5 Å². The van der Waals surface area contributed by atoms with E-state index in [4.69, 9.17) is 0 Å². The molecule has 0 aliphatic rings. The van der Waals surface area contributed by atoms with Gasteiger partial charge in [-0.25, -0.2) is 0 Å². The van der Waals surface area contributed by atoms with Crippen LogP contribution in [0, 0.1) is 0 Å². The van der Waals surface area contributed by atoms with E-state index in [1.165, 1.54) is 0 Å². The lowest BCUT2D eigenvalue weighted by atomic mass is 10.1. The molecule has 2 N–H and O–H groups in total. The first-order valence-electron chi connectivity index (χ1n) is 6.60. The summed E-state index contributed by atoms with van der Waals surface area (Å²) in [6.07, 6.45) is 5.39. The van der Waals surface area contributed by atoms with Gasteiger partial charge in [-0.05, 0) is 29.8 Å². The first-order valence-corrected chi connectivity index (χ1v) is 6.60. The summed E-state index contributed by atoms with van der Waals surface area (Å²) in [5.41, 5.74) is 3.54. The molecule has 0 spiro atoms. The molecule has 1 amide bonds. The van der Waals surface area contributed by atoms with Crippen LogP contribution >= 0.6 is 0 Å². The van der Waals surface area contributed by atoms with Crippen LogP contribution in [-0.2, 0) is 11.2 Å². The van der Waals surface area contributed by atoms with Gasteiger partial charge in [0.2, 0.25) is 5.91 Å². The minimum Gasteiger partial charge on any atom is -0.326 e. The second-order valence-corrected chi connectivity index (χ2v) is 4.64. The molecule has 1 aromatic carbocycles. The molecule has 0 saturated heterocycles. The SMILES string of the molecule is O=C(Cc1cccnc1)Nc1cccc(-c2ccn[nH]2)c1. The van der Waals surface area contributed by atoms with Crippen LogP contribution < -0.4 is 5.32 Å². The maximum atomic E-state index is 12.0. The first-order chi connectivity index (χ1) is 10.3. The van der Waals surface area contributed by atoms with Gasteiger partial charge in [0.25, 0.3) is 0 Å². The van der Waals surface area contributed by atoms with Gasteiger partial charge in [-0.2, -0.15) is 5.10 Å². The summed E-state index contributed by atoms with van der Waals surface area (Å²) in [6.45, 7) is 0. The Bertz CT molecular complexity index is 723. The molecule has 0 radical (unpaired) electrons. The van der Waals surface area contributed by atoms with Gasteiger partial charge in [0.05, 0.1) is 12.1 Å². The van der Waals surface area contributed by atoms with Crippen LogP contribution in [0.25, 0.3) is 11.3 Å².